The lowest BCUT2D eigenvalue weighted by Gasteiger charge is -2.26. The Balaban J connectivity index is 2.08. The van der Waals surface area contributed by atoms with Crippen LogP contribution in [0.5, 0.6) is 0 Å². The summed E-state index contributed by atoms with van der Waals surface area (Å²) in [4.78, 5) is 0. The summed E-state index contributed by atoms with van der Waals surface area (Å²) in [6, 6.07) is 0.774. The Kier molecular flexibility index (Phi) is 8.80. The summed E-state index contributed by atoms with van der Waals surface area (Å²) < 4.78 is 32.3. The third kappa shape index (κ3) is 7.36. The van der Waals surface area contributed by atoms with Crippen molar-refractivity contribution < 1.29 is 27.5 Å². The first-order valence-electron chi connectivity index (χ1n) is 6.77. The van der Waals surface area contributed by atoms with E-state index < -0.39 is 8.80 Å². The van der Waals surface area contributed by atoms with Crippen molar-refractivity contribution in [2.24, 2.45) is 0 Å². The molecule has 0 spiro atoms. The van der Waals surface area contributed by atoms with Gasteiger partial charge in [-0.15, -0.1) is 0 Å². The molecule has 1 fully saturated rings. The van der Waals surface area contributed by atoms with Gasteiger partial charge in [-0.25, -0.2) is 0 Å². The lowest BCUT2D eigenvalue weighted by molar-refractivity contribution is -0.0287. The van der Waals surface area contributed by atoms with E-state index in [1.165, 1.54) is 0 Å². The van der Waals surface area contributed by atoms with E-state index in [-0.39, 0.29) is 6.79 Å². The molecule has 114 valence electrons. The maximum absolute atomic E-state index is 5.63. The lowest BCUT2D eigenvalue weighted by Crippen LogP contribution is -2.44. The van der Waals surface area contributed by atoms with E-state index in [0.717, 1.165) is 32.1 Å². The van der Waals surface area contributed by atoms with E-state index in [1.54, 1.807) is 14.2 Å². The summed E-state index contributed by atoms with van der Waals surface area (Å²) in [5, 5.41) is 0. The maximum atomic E-state index is 5.63. The van der Waals surface area contributed by atoms with Crippen molar-refractivity contribution in [2.75, 3.05) is 47.4 Å². The molecule has 0 aliphatic carbocycles. The summed E-state index contributed by atoms with van der Waals surface area (Å²) in [5.74, 6) is 0. The second-order valence-electron chi connectivity index (χ2n) is 4.33. The van der Waals surface area contributed by atoms with Crippen molar-refractivity contribution in [3.8, 4) is 0 Å². The van der Waals surface area contributed by atoms with Crippen molar-refractivity contribution in [2.45, 2.75) is 31.9 Å². The molecule has 1 rings (SSSR count). The summed E-state index contributed by atoms with van der Waals surface area (Å²) in [5.41, 5.74) is 0. The van der Waals surface area contributed by atoms with Crippen LogP contribution in [0.2, 0.25) is 6.04 Å². The topological polar surface area (TPSA) is 58.7 Å². The second kappa shape index (κ2) is 9.81. The molecular formula is C12H26O6Si. The second-order valence-corrected chi connectivity index (χ2v) is 7.30. The van der Waals surface area contributed by atoms with Gasteiger partial charge in [-0.2, -0.15) is 0 Å². The van der Waals surface area contributed by atoms with Gasteiger partial charge < -0.3 is 27.5 Å². The number of rotatable bonds is 13. The number of unbranched alkanes of at least 4 members (excludes halogenated alkanes) is 1. The summed E-state index contributed by atoms with van der Waals surface area (Å²) >= 11 is 0. The van der Waals surface area contributed by atoms with Crippen LogP contribution in [0, 0.1) is 0 Å². The highest BCUT2D eigenvalue weighted by atomic mass is 28.4. The van der Waals surface area contributed by atoms with Gasteiger partial charge in [-0.1, -0.05) is 0 Å². The average molecular weight is 294 g/mol. The van der Waals surface area contributed by atoms with Crippen molar-refractivity contribution in [1.29, 1.82) is 0 Å². The highest BCUT2D eigenvalue weighted by Gasteiger charge is 2.38. The van der Waals surface area contributed by atoms with E-state index >= 15 is 0 Å². The van der Waals surface area contributed by atoms with Crippen LogP contribution in [0.25, 0.3) is 0 Å². The number of epoxide rings is 1. The highest BCUT2D eigenvalue weighted by molar-refractivity contribution is 6.60. The lowest BCUT2D eigenvalue weighted by atomic mass is 10.3. The first-order chi connectivity index (χ1) is 9.26. The molecule has 0 amide bonds. The fourth-order valence-corrected chi connectivity index (χ4v) is 3.52. The van der Waals surface area contributed by atoms with Gasteiger partial charge in [0.25, 0.3) is 0 Å². The molecule has 1 unspecified atom stereocenters. The van der Waals surface area contributed by atoms with Crippen LogP contribution in [-0.2, 0) is 27.5 Å². The third-order valence-electron chi connectivity index (χ3n) is 2.92. The van der Waals surface area contributed by atoms with Crippen molar-refractivity contribution in [3.05, 3.63) is 0 Å². The molecule has 0 radical (unpaired) electrons. The fraction of sp³-hybridized carbons (Fsp3) is 1.00. The molecule has 7 heteroatoms. The SMILES string of the molecule is CCOCO[Si](CCCCOCC1CO1)(OC)OC. The predicted octanol–water partition coefficient (Wildman–Crippen LogP) is 1.42. The molecule has 1 atom stereocenters. The Morgan fingerprint density at radius 1 is 1.16 bits per heavy atom. The van der Waals surface area contributed by atoms with Crippen LogP contribution < -0.4 is 0 Å². The molecule has 19 heavy (non-hydrogen) atoms. The minimum Gasteiger partial charge on any atom is -0.379 e. The van der Waals surface area contributed by atoms with Crippen LogP contribution >= 0.6 is 0 Å². The van der Waals surface area contributed by atoms with Crippen LogP contribution in [-0.4, -0.2) is 62.3 Å². The van der Waals surface area contributed by atoms with Crippen molar-refractivity contribution >= 4 is 8.80 Å². The minimum atomic E-state index is -2.56. The molecule has 0 bridgehead atoms. The number of ether oxygens (including phenoxy) is 3. The van der Waals surface area contributed by atoms with Crippen LogP contribution in [0.15, 0.2) is 0 Å². The van der Waals surface area contributed by atoms with Gasteiger partial charge in [0.1, 0.15) is 12.9 Å². The molecule has 0 aromatic rings. The molecule has 6 nitrogen and oxygen atoms in total. The predicted molar refractivity (Wildman–Crippen MR) is 72.0 cm³/mol. The van der Waals surface area contributed by atoms with Gasteiger partial charge >= 0.3 is 8.80 Å². The molecule has 1 saturated heterocycles. The van der Waals surface area contributed by atoms with Gasteiger partial charge in [-0.3, -0.25) is 0 Å². The summed E-state index contributed by atoms with van der Waals surface area (Å²) in [7, 11) is 0.700. The Bertz CT molecular complexity index is 220. The van der Waals surface area contributed by atoms with Gasteiger partial charge in [0.05, 0.1) is 13.2 Å². The van der Waals surface area contributed by atoms with E-state index in [4.69, 9.17) is 27.5 Å². The Morgan fingerprint density at radius 3 is 2.47 bits per heavy atom. The number of hydrogen-bond acceptors (Lipinski definition) is 6. The molecule has 0 saturated carbocycles. The molecule has 0 aromatic heterocycles. The Morgan fingerprint density at radius 2 is 1.89 bits per heavy atom. The van der Waals surface area contributed by atoms with E-state index in [9.17, 15) is 0 Å². The quantitative estimate of drug-likeness (QED) is 0.222. The van der Waals surface area contributed by atoms with Gasteiger partial charge in [0, 0.05) is 33.5 Å². The smallest absolute Gasteiger partial charge is 0.379 e. The Labute approximate surface area is 116 Å². The first kappa shape index (κ1) is 17.0. The fourth-order valence-electron chi connectivity index (χ4n) is 1.62. The molecule has 1 aliphatic heterocycles. The first-order valence-corrected chi connectivity index (χ1v) is 8.71. The Hall–Kier alpha value is -0.0231. The zero-order chi connectivity index (χ0) is 14.0. The summed E-state index contributed by atoms with van der Waals surface area (Å²) in [6.07, 6.45) is 2.25. The van der Waals surface area contributed by atoms with Crippen molar-refractivity contribution in [1.82, 2.24) is 0 Å². The van der Waals surface area contributed by atoms with Gasteiger partial charge in [0.2, 0.25) is 0 Å². The zero-order valence-electron chi connectivity index (χ0n) is 12.2. The van der Waals surface area contributed by atoms with E-state index in [0.29, 0.717) is 19.3 Å². The molecule has 1 heterocycles. The monoisotopic (exact) mass is 294 g/mol. The standard InChI is InChI=1S/C12H26O6Si/c1-4-15-11-18-19(13-2,14-3)8-6-5-7-16-9-12-10-17-12/h12H,4-11H2,1-3H3. The number of hydrogen-bond donors (Lipinski definition) is 0. The highest BCUT2D eigenvalue weighted by Crippen LogP contribution is 2.17. The van der Waals surface area contributed by atoms with Crippen LogP contribution in [0.4, 0.5) is 0 Å². The minimum absolute atomic E-state index is 0.222. The summed E-state index contributed by atoms with van der Waals surface area (Å²) in [6.45, 7) is 5.05. The van der Waals surface area contributed by atoms with Crippen molar-refractivity contribution in [3.63, 3.8) is 0 Å². The molecular weight excluding hydrogens is 268 g/mol. The van der Waals surface area contributed by atoms with Gasteiger partial charge in [0.15, 0.2) is 0 Å². The maximum Gasteiger partial charge on any atom is 0.502 e. The zero-order valence-corrected chi connectivity index (χ0v) is 13.2. The average Bonchev–Trinajstić information content (AvgIpc) is 3.25. The van der Waals surface area contributed by atoms with E-state index in [1.807, 2.05) is 6.92 Å². The van der Waals surface area contributed by atoms with Gasteiger partial charge in [-0.05, 0) is 19.8 Å². The largest absolute Gasteiger partial charge is 0.502 e. The van der Waals surface area contributed by atoms with Crippen LogP contribution in [0.1, 0.15) is 19.8 Å². The van der Waals surface area contributed by atoms with E-state index in [2.05, 4.69) is 0 Å². The third-order valence-corrected chi connectivity index (χ3v) is 5.68. The molecule has 1 aliphatic rings. The normalized spacial score (nSPS) is 18.8. The van der Waals surface area contributed by atoms with Crippen LogP contribution in [0.3, 0.4) is 0 Å². The molecule has 0 N–H and O–H groups in total. The molecule has 0 aromatic carbocycles.